The number of aromatic nitrogens is 2. The molecule has 0 saturated heterocycles. The van der Waals surface area contributed by atoms with E-state index in [-0.39, 0.29) is 11.8 Å². The van der Waals surface area contributed by atoms with Crippen molar-refractivity contribution >= 4 is 41.0 Å². The van der Waals surface area contributed by atoms with Crippen molar-refractivity contribution in [1.29, 1.82) is 0 Å². The summed E-state index contributed by atoms with van der Waals surface area (Å²) in [4.78, 5) is 42.0. The number of carboxylic acids is 1. The average molecular weight is 524 g/mol. The third-order valence-corrected chi connectivity index (χ3v) is 8.33. The van der Waals surface area contributed by atoms with Gasteiger partial charge in [0.15, 0.2) is 5.78 Å². The van der Waals surface area contributed by atoms with Crippen LogP contribution in [0, 0.1) is 16.7 Å². The maximum Gasteiger partial charge on any atom is 0.418 e. The van der Waals surface area contributed by atoms with Crippen LogP contribution in [0.1, 0.15) is 57.8 Å². The first kappa shape index (κ1) is 27.2. The Morgan fingerprint density at radius 1 is 1.26 bits per heavy atom. The van der Waals surface area contributed by atoms with E-state index < -0.39 is 34.9 Å². The molecule has 2 aromatic rings. The van der Waals surface area contributed by atoms with Gasteiger partial charge in [0, 0.05) is 24.6 Å². The molecule has 3 rings (SSSR count). The normalized spacial score (nSPS) is 23.0. The van der Waals surface area contributed by atoms with Gasteiger partial charge in [0.2, 0.25) is 0 Å². The number of carbonyl (C=O) groups is 3. The Morgan fingerprint density at radius 2 is 1.94 bits per heavy atom. The first-order chi connectivity index (χ1) is 16.3. The van der Waals surface area contributed by atoms with Crippen molar-refractivity contribution in [1.82, 2.24) is 14.9 Å². The van der Waals surface area contributed by atoms with Gasteiger partial charge in [-0.3, -0.25) is 9.59 Å². The molecule has 1 aromatic heterocycles. The Morgan fingerprint density at radius 3 is 2.51 bits per heavy atom. The topological polar surface area (TPSA) is 111 Å². The SMILES string of the molecule is COC(=O)n1cnc(CC(C)N[C@H](C(=O)[C@@H]2CC[C@](C)(C(=O)O)C2(C)C)c2ccc(Cl)c(Cl)c2)c1. The molecule has 190 valence electrons. The maximum atomic E-state index is 14.0. The van der Waals surface area contributed by atoms with Crippen LogP contribution < -0.4 is 5.32 Å². The fourth-order valence-electron chi connectivity index (χ4n) is 4.95. The first-order valence-corrected chi connectivity index (χ1v) is 12.2. The van der Waals surface area contributed by atoms with Crippen molar-refractivity contribution in [3.63, 3.8) is 0 Å². The van der Waals surface area contributed by atoms with Gasteiger partial charge in [0.05, 0.1) is 34.3 Å². The molecule has 8 nitrogen and oxygen atoms in total. The van der Waals surface area contributed by atoms with Crippen LogP contribution in [0.5, 0.6) is 0 Å². The van der Waals surface area contributed by atoms with Crippen LogP contribution in [-0.4, -0.2) is 45.7 Å². The molecule has 1 heterocycles. The van der Waals surface area contributed by atoms with E-state index in [1.54, 1.807) is 31.3 Å². The van der Waals surface area contributed by atoms with Crippen molar-refractivity contribution in [2.24, 2.45) is 16.7 Å². The van der Waals surface area contributed by atoms with E-state index >= 15 is 0 Å². The number of hydrogen-bond acceptors (Lipinski definition) is 6. The molecule has 1 saturated carbocycles. The summed E-state index contributed by atoms with van der Waals surface area (Å²) in [5.74, 6) is -1.46. The van der Waals surface area contributed by atoms with Crippen LogP contribution >= 0.6 is 23.2 Å². The number of nitrogens with zero attached hydrogens (tertiary/aromatic N) is 2. The van der Waals surface area contributed by atoms with Gasteiger partial charge in [-0.1, -0.05) is 43.1 Å². The van der Waals surface area contributed by atoms with Crippen molar-refractivity contribution in [2.45, 2.75) is 59.0 Å². The van der Waals surface area contributed by atoms with Gasteiger partial charge in [-0.2, -0.15) is 0 Å². The molecule has 0 bridgehead atoms. The highest BCUT2D eigenvalue weighted by atomic mass is 35.5. The van der Waals surface area contributed by atoms with E-state index in [9.17, 15) is 19.5 Å². The third kappa shape index (κ3) is 5.25. The Labute approximate surface area is 215 Å². The summed E-state index contributed by atoms with van der Waals surface area (Å²) in [6.45, 7) is 7.33. The van der Waals surface area contributed by atoms with Crippen molar-refractivity contribution in [3.05, 3.63) is 52.0 Å². The summed E-state index contributed by atoms with van der Waals surface area (Å²) in [6, 6.07) is 4.11. The molecule has 0 amide bonds. The fourth-order valence-corrected chi connectivity index (χ4v) is 5.25. The number of Topliss-reactive ketones (excluding diaryl/α,β-unsaturated/α-hetero) is 1. The molecule has 1 aliphatic rings. The highest BCUT2D eigenvalue weighted by Crippen LogP contribution is 2.57. The minimum Gasteiger partial charge on any atom is -0.481 e. The fraction of sp³-hybridized carbons (Fsp3) is 0.520. The van der Waals surface area contributed by atoms with Crippen molar-refractivity contribution in [2.75, 3.05) is 7.11 Å². The lowest BCUT2D eigenvalue weighted by molar-refractivity contribution is -0.155. The minimum absolute atomic E-state index is 0.0923. The average Bonchev–Trinajstić information content (AvgIpc) is 3.35. The number of nitrogens with one attached hydrogen (secondary N) is 1. The summed E-state index contributed by atoms with van der Waals surface area (Å²) in [6.07, 6.45) is 3.75. The van der Waals surface area contributed by atoms with E-state index in [1.807, 2.05) is 20.8 Å². The number of ketones is 1. The quantitative estimate of drug-likeness (QED) is 0.491. The maximum absolute atomic E-state index is 14.0. The van der Waals surface area contributed by atoms with E-state index in [2.05, 4.69) is 10.3 Å². The second kappa shape index (κ2) is 10.3. The van der Waals surface area contributed by atoms with Crippen molar-refractivity contribution < 1.29 is 24.2 Å². The first-order valence-electron chi connectivity index (χ1n) is 11.4. The van der Waals surface area contributed by atoms with Gasteiger partial charge in [-0.05, 0) is 49.8 Å². The predicted molar refractivity (Wildman–Crippen MR) is 133 cm³/mol. The Balaban J connectivity index is 1.89. The molecule has 1 aliphatic carbocycles. The zero-order chi connectivity index (χ0) is 26.1. The lowest BCUT2D eigenvalue weighted by Gasteiger charge is -2.39. The zero-order valence-corrected chi connectivity index (χ0v) is 22.0. The monoisotopic (exact) mass is 523 g/mol. The molecule has 0 radical (unpaired) electrons. The van der Waals surface area contributed by atoms with E-state index in [4.69, 9.17) is 27.9 Å². The molecule has 4 atom stereocenters. The van der Waals surface area contributed by atoms with Crippen molar-refractivity contribution in [3.8, 4) is 0 Å². The van der Waals surface area contributed by atoms with Gasteiger partial charge in [-0.15, -0.1) is 0 Å². The second-order valence-corrected chi connectivity index (χ2v) is 10.8. The standard InChI is InChI=1S/C25H31Cl2N3O5/c1-14(10-16-12-30(13-28-16)23(34)35-5)29-20(15-6-7-18(26)19(27)11-15)21(31)17-8-9-25(4,22(32)33)24(17,2)3/h6-7,11-14,17,20,29H,8-10H2,1-5H3,(H,32,33)/t14?,17-,20-,25+/m0/s1. The molecule has 0 aliphatic heterocycles. The lowest BCUT2D eigenvalue weighted by atomic mass is 9.64. The predicted octanol–water partition coefficient (Wildman–Crippen LogP) is 5.16. The molecule has 1 aromatic carbocycles. The molecular weight excluding hydrogens is 493 g/mol. The smallest absolute Gasteiger partial charge is 0.418 e. The van der Waals surface area contributed by atoms with E-state index in [0.29, 0.717) is 40.6 Å². The summed E-state index contributed by atoms with van der Waals surface area (Å²) in [7, 11) is 1.29. The number of carboxylic acid groups (broad SMARTS) is 1. The van der Waals surface area contributed by atoms with Crippen LogP contribution in [0.15, 0.2) is 30.7 Å². The molecule has 1 fully saturated rings. The third-order valence-electron chi connectivity index (χ3n) is 7.59. The minimum atomic E-state index is -1.01. The van der Waals surface area contributed by atoms with Crippen LogP contribution in [0.4, 0.5) is 4.79 Å². The van der Waals surface area contributed by atoms with Gasteiger partial charge in [0.25, 0.3) is 0 Å². The van der Waals surface area contributed by atoms with Gasteiger partial charge in [0.1, 0.15) is 6.33 Å². The number of carbonyl (C=O) groups excluding carboxylic acids is 2. The number of aliphatic carboxylic acids is 1. The van der Waals surface area contributed by atoms with Gasteiger partial charge in [-0.25, -0.2) is 14.3 Å². The van der Waals surface area contributed by atoms with Crippen LogP contribution in [0.25, 0.3) is 0 Å². The number of benzene rings is 1. The highest BCUT2D eigenvalue weighted by molar-refractivity contribution is 6.42. The van der Waals surface area contributed by atoms with Crippen LogP contribution in [0.3, 0.4) is 0 Å². The molecule has 35 heavy (non-hydrogen) atoms. The molecule has 10 heteroatoms. The molecule has 2 N–H and O–H groups in total. The second-order valence-electron chi connectivity index (χ2n) is 9.97. The summed E-state index contributed by atoms with van der Waals surface area (Å²) >= 11 is 12.4. The Bertz CT molecular complexity index is 1130. The van der Waals surface area contributed by atoms with Crippen LogP contribution in [-0.2, 0) is 20.7 Å². The number of methoxy groups -OCH3 is 1. The summed E-state index contributed by atoms with van der Waals surface area (Å²) in [5.41, 5.74) is -0.470. The number of rotatable bonds is 8. The zero-order valence-electron chi connectivity index (χ0n) is 20.5. The highest BCUT2D eigenvalue weighted by Gasteiger charge is 2.58. The van der Waals surface area contributed by atoms with E-state index in [0.717, 1.165) is 0 Å². The van der Waals surface area contributed by atoms with E-state index in [1.165, 1.54) is 18.0 Å². The Kier molecular flexibility index (Phi) is 7.99. The number of imidazole rings is 1. The molecular formula is C25H31Cl2N3O5. The van der Waals surface area contributed by atoms with Gasteiger partial charge >= 0.3 is 12.1 Å². The van der Waals surface area contributed by atoms with Gasteiger partial charge < -0.3 is 15.2 Å². The number of halogens is 2. The summed E-state index contributed by atoms with van der Waals surface area (Å²) < 4.78 is 5.95. The summed E-state index contributed by atoms with van der Waals surface area (Å²) in [5, 5.41) is 14.0. The Hall–Kier alpha value is -2.42. The lowest BCUT2D eigenvalue weighted by Crippen LogP contribution is -2.46. The number of hydrogen-bond donors (Lipinski definition) is 2. The molecule has 0 spiro atoms. The molecule has 1 unspecified atom stereocenters. The number of ether oxygens (including phenoxy) is 1. The van der Waals surface area contributed by atoms with Crippen LogP contribution in [0.2, 0.25) is 10.0 Å². The largest absolute Gasteiger partial charge is 0.481 e.